The third kappa shape index (κ3) is 3.92. The number of sulfonamides is 1. The molecule has 0 bridgehead atoms. The molecule has 19 heavy (non-hydrogen) atoms. The van der Waals surface area contributed by atoms with Gasteiger partial charge in [0.05, 0.1) is 11.4 Å². The van der Waals surface area contributed by atoms with Crippen LogP contribution < -0.4 is 5.73 Å². The molecule has 0 saturated heterocycles. The van der Waals surface area contributed by atoms with Crippen molar-refractivity contribution in [2.45, 2.75) is 24.8 Å². The van der Waals surface area contributed by atoms with Crippen molar-refractivity contribution in [1.29, 1.82) is 0 Å². The van der Waals surface area contributed by atoms with E-state index >= 15 is 0 Å². The largest absolute Gasteiger partial charge is 0.409 e. The van der Waals surface area contributed by atoms with Crippen LogP contribution in [0.5, 0.6) is 0 Å². The Kier molecular flexibility index (Phi) is 5.33. The molecule has 3 N–H and O–H groups in total. The van der Waals surface area contributed by atoms with E-state index in [0.717, 1.165) is 4.47 Å². The van der Waals surface area contributed by atoms with Crippen molar-refractivity contribution >= 4 is 31.8 Å². The summed E-state index contributed by atoms with van der Waals surface area (Å²) in [5, 5.41) is 11.4. The molecule has 0 spiro atoms. The number of hydrogen-bond acceptors (Lipinski definition) is 4. The van der Waals surface area contributed by atoms with Crippen LogP contribution in [0.4, 0.5) is 0 Å². The average Bonchev–Trinajstić information content (AvgIpc) is 2.35. The van der Waals surface area contributed by atoms with Gasteiger partial charge in [-0.1, -0.05) is 21.1 Å². The molecule has 6 nitrogen and oxygen atoms in total. The smallest absolute Gasteiger partial charge is 0.243 e. The first-order valence-electron chi connectivity index (χ1n) is 5.53. The van der Waals surface area contributed by atoms with Crippen LogP contribution in [0.25, 0.3) is 0 Å². The van der Waals surface area contributed by atoms with Crippen molar-refractivity contribution in [2.75, 3.05) is 6.54 Å². The van der Waals surface area contributed by atoms with Gasteiger partial charge in [0.1, 0.15) is 0 Å². The van der Waals surface area contributed by atoms with E-state index in [1.165, 1.54) is 16.4 Å². The van der Waals surface area contributed by atoms with Gasteiger partial charge in [-0.3, -0.25) is 0 Å². The van der Waals surface area contributed by atoms with Crippen molar-refractivity contribution in [2.24, 2.45) is 10.9 Å². The summed E-state index contributed by atoms with van der Waals surface area (Å²) in [6.07, 6.45) is 0. The molecule has 0 aliphatic carbocycles. The van der Waals surface area contributed by atoms with E-state index < -0.39 is 10.0 Å². The molecule has 0 aliphatic rings. The van der Waals surface area contributed by atoms with Gasteiger partial charge in [-0.05, 0) is 38.1 Å². The maximum atomic E-state index is 12.5. The number of halogens is 1. The molecule has 0 atom stereocenters. The zero-order chi connectivity index (χ0) is 14.6. The summed E-state index contributed by atoms with van der Waals surface area (Å²) in [7, 11) is -3.68. The first kappa shape index (κ1) is 15.9. The maximum Gasteiger partial charge on any atom is 0.243 e. The van der Waals surface area contributed by atoms with E-state index in [4.69, 9.17) is 10.9 Å². The highest BCUT2D eigenvalue weighted by Gasteiger charge is 2.27. The molecule has 1 rings (SSSR count). The lowest BCUT2D eigenvalue weighted by molar-refractivity contribution is 0.312. The summed E-state index contributed by atoms with van der Waals surface area (Å²) < 4.78 is 26.9. The number of rotatable bonds is 5. The lowest BCUT2D eigenvalue weighted by Crippen LogP contribution is -2.42. The number of oxime groups is 1. The van der Waals surface area contributed by atoms with Crippen LogP contribution in [0.15, 0.2) is 38.8 Å². The molecule has 0 aromatic heterocycles. The molecule has 1 aromatic rings. The molecule has 0 fully saturated rings. The van der Waals surface area contributed by atoms with E-state index in [-0.39, 0.29) is 23.3 Å². The van der Waals surface area contributed by atoms with Crippen LogP contribution in [0.1, 0.15) is 13.8 Å². The fourth-order valence-electron chi connectivity index (χ4n) is 1.48. The fourth-order valence-corrected chi connectivity index (χ4v) is 3.35. The van der Waals surface area contributed by atoms with Gasteiger partial charge >= 0.3 is 0 Å². The van der Waals surface area contributed by atoms with Gasteiger partial charge in [0.25, 0.3) is 0 Å². The van der Waals surface area contributed by atoms with Crippen LogP contribution in [0.3, 0.4) is 0 Å². The van der Waals surface area contributed by atoms with Crippen LogP contribution in [-0.2, 0) is 10.0 Å². The number of nitrogens with zero attached hydrogens (tertiary/aromatic N) is 2. The lowest BCUT2D eigenvalue weighted by atomic mass is 10.4. The van der Waals surface area contributed by atoms with E-state index in [0.29, 0.717) is 0 Å². The van der Waals surface area contributed by atoms with Gasteiger partial charge in [0.2, 0.25) is 10.0 Å². The topological polar surface area (TPSA) is 96.0 Å². The summed E-state index contributed by atoms with van der Waals surface area (Å²) >= 11 is 3.25. The highest BCUT2D eigenvalue weighted by atomic mass is 79.9. The van der Waals surface area contributed by atoms with Gasteiger partial charge in [-0.2, -0.15) is 4.31 Å². The van der Waals surface area contributed by atoms with Crippen molar-refractivity contribution in [3.63, 3.8) is 0 Å². The summed E-state index contributed by atoms with van der Waals surface area (Å²) in [5.74, 6) is -0.158. The van der Waals surface area contributed by atoms with E-state index in [1.54, 1.807) is 26.0 Å². The quantitative estimate of drug-likeness (QED) is 0.365. The first-order valence-corrected chi connectivity index (χ1v) is 7.76. The fraction of sp³-hybridized carbons (Fsp3) is 0.364. The monoisotopic (exact) mass is 349 g/mol. The zero-order valence-corrected chi connectivity index (χ0v) is 13.0. The van der Waals surface area contributed by atoms with Gasteiger partial charge in [-0.25, -0.2) is 8.42 Å². The van der Waals surface area contributed by atoms with Gasteiger partial charge < -0.3 is 10.9 Å². The first-order chi connectivity index (χ1) is 8.78. The van der Waals surface area contributed by atoms with E-state index in [1.807, 2.05) is 0 Å². The van der Waals surface area contributed by atoms with E-state index in [9.17, 15) is 8.42 Å². The second-order valence-electron chi connectivity index (χ2n) is 4.19. The van der Waals surface area contributed by atoms with E-state index in [2.05, 4.69) is 21.1 Å². The Labute approximate surface area is 121 Å². The van der Waals surface area contributed by atoms with Crippen molar-refractivity contribution in [3.05, 3.63) is 28.7 Å². The molecule has 0 unspecified atom stereocenters. The minimum Gasteiger partial charge on any atom is -0.409 e. The third-order valence-corrected chi connectivity index (χ3v) is 5.01. The number of nitrogens with two attached hydrogens (primary N) is 1. The maximum absolute atomic E-state index is 12.5. The molecule has 0 radical (unpaired) electrons. The molecule has 8 heteroatoms. The molecule has 0 heterocycles. The highest BCUT2D eigenvalue weighted by Crippen LogP contribution is 2.20. The third-order valence-electron chi connectivity index (χ3n) is 2.44. The Morgan fingerprint density at radius 2 is 1.95 bits per heavy atom. The van der Waals surface area contributed by atoms with Crippen LogP contribution in [-0.4, -0.2) is 36.4 Å². The number of benzene rings is 1. The molecule has 0 amide bonds. The SMILES string of the molecule is CC(C)N(CC(N)=NO)S(=O)(=O)c1ccc(Br)cc1. The molecule has 106 valence electrons. The zero-order valence-electron chi connectivity index (χ0n) is 10.6. The summed E-state index contributed by atoms with van der Waals surface area (Å²) in [6.45, 7) is 3.29. The normalized spacial score (nSPS) is 13.2. The molecule has 1 aromatic carbocycles. The van der Waals surface area contributed by atoms with Crippen LogP contribution >= 0.6 is 15.9 Å². The number of hydrogen-bond donors (Lipinski definition) is 2. The second-order valence-corrected chi connectivity index (χ2v) is 7.00. The predicted octanol–water partition coefficient (Wildman–Crippen LogP) is 1.59. The van der Waals surface area contributed by atoms with Crippen LogP contribution in [0.2, 0.25) is 0 Å². The number of amidine groups is 1. The van der Waals surface area contributed by atoms with Crippen molar-refractivity contribution in [1.82, 2.24) is 4.31 Å². The van der Waals surface area contributed by atoms with Gasteiger partial charge in [0, 0.05) is 10.5 Å². The lowest BCUT2D eigenvalue weighted by Gasteiger charge is -2.25. The predicted molar refractivity (Wildman–Crippen MR) is 76.6 cm³/mol. The van der Waals surface area contributed by atoms with Crippen LogP contribution in [0, 0.1) is 0 Å². The molecular weight excluding hydrogens is 334 g/mol. The minimum atomic E-state index is -3.68. The van der Waals surface area contributed by atoms with Crippen molar-refractivity contribution < 1.29 is 13.6 Å². The Morgan fingerprint density at radius 3 is 2.37 bits per heavy atom. The van der Waals surface area contributed by atoms with Gasteiger partial charge in [-0.15, -0.1) is 0 Å². The Balaban J connectivity index is 3.17. The van der Waals surface area contributed by atoms with Gasteiger partial charge in [0.15, 0.2) is 5.84 Å². The Hall–Kier alpha value is -1.12. The summed E-state index contributed by atoms with van der Waals surface area (Å²) in [5.41, 5.74) is 5.40. The average molecular weight is 350 g/mol. The summed E-state index contributed by atoms with van der Waals surface area (Å²) in [4.78, 5) is 0.162. The Bertz CT molecular complexity index is 555. The molecule has 0 aliphatic heterocycles. The molecule has 0 saturated carbocycles. The summed E-state index contributed by atoms with van der Waals surface area (Å²) in [6, 6.07) is 5.99. The standard InChI is InChI=1S/C11H16BrN3O3S/c1-8(2)15(7-11(13)14-16)19(17,18)10-5-3-9(12)4-6-10/h3-6,8,16H,7H2,1-2H3,(H2,13,14). The Morgan fingerprint density at radius 1 is 1.42 bits per heavy atom. The second kappa shape index (κ2) is 6.36. The highest BCUT2D eigenvalue weighted by molar-refractivity contribution is 9.10. The minimum absolute atomic E-state index is 0.158. The van der Waals surface area contributed by atoms with Crippen molar-refractivity contribution in [3.8, 4) is 0 Å². The molecular formula is C11H16BrN3O3S.